The van der Waals surface area contributed by atoms with Gasteiger partial charge < -0.3 is 9.73 Å². The van der Waals surface area contributed by atoms with Gasteiger partial charge in [0.1, 0.15) is 0 Å². The minimum Gasteiger partial charge on any atom is -0.472 e. The highest BCUT2D eigenvalue weighted by Gasteiger charge is 2.07. The van der Waals surface area contributed by atoms with Gasteiger partial charge in [0, 0.05) is 21.4 Å². The third-order valence-electron chi connectivity index (χ3n) is 2.71. The van der Waals surface area contributed by atoms with Crippen LogP contribution in [0.15, 0.2) is 51.3 Å². The van der Waals surface area contributed by atoms with Gasteiger partial charge in [-0.1, -0.05) is 0 Å². The standard InChI is InChI=1S/C14H11NO2S2/c16-14(11-2-4-18-8-11)15-6-13-5-12(9-19-13)10-1-3-17-7-10/h1-5,7-9H,6H2,(H,15,16). The van der Waals surface area contributed by atoms with Gasteiger partial charge in [0.2, 0.25) is 0 Å². The zero-order chi connectivity index (χ0) is 13.1. The van der Waals surface area contributed by atoms with E-state index in [4.69, 9.17) is 4.42 Å². The van der Waals surface area contributed by atoms with Crippen molar-refractivity contribution < 1.29 is 9.21 Å². The van der Waals surface area contributed by atoms with Crippen molar-refractivity contribution in [1.29, 1.82) is 0 Å². The van der Waals surface area contributed by atoms with Crippen LogP contribution in [-0.4, -0.2) is 5.91 Å². The zero-order valence-electron chi connectivity index (χ0n) is 9.96. The summed E-state index contributed by atoms with van der Waals surface area (Å²) in [4.78, 5) is 12.9. The van der Waals surface area contributed by atoms with Crippen LogP contribution in [0.5, 0.6) is 0 Å². The van der Waals surface area contributed by atoms with Gasteiger partial charge in [0.25, 0.3) is 5.91 Å². The van der Waals surface area contributed by atoms with E-state index in [2.05, 4.69) is 16.8 Å². The van der Waals surface area contributed by atoms with E-state index in [9.17, 15) is 4.79 Å². The first-order chi connectivity index (χ1) is 9.33. The predicted octanol–water partition coefficient (Wildman–Crippen LogP) is 4.00. The lowest BCUT2D eigenvalue weighted by molar-refractivity contribution is 0.0952. The van der Waals surface area contributed by atoms with Gasteiger partial charge in [-0.25, -0.2) is 0 Å². The maximum atomic E-state index is 11.8. The lowest BCUT2D eigenvalue weighted by Crippen LogP contribution is -2.21. The van der Waals surface area contributed by atoms with E-state index in [1.165, 1.54) is 11.3 Å². The number of hydrogen-bond donors (Lipinski definition) is 1. The molecule has 1 N–H and O–H groups in total. The Bertz CT molecular complexity index is 654. The van der Waals surface area contributed by atoms with E-state index in [0.29, 0.717) is 6.54 Å². The fraction of sp³-hybridized carbons (Fsp3) is 0.0714. The smallest absolute Gasteiger partial charge is 0.252 e. The molecule has 19 heavy (non-hydrogen) atoms. The zero-order valence-corrected chi connectivity index (χ0v) is 11.6. The quantitative estimate of drug-likeness (QED) is 0.789. The van der Waals surface area contributed by atoms with Crippen molar-refractivity contribution >= 4 is 28.6 Å². The molecule has 0 fully saturated rings. The fourth-order valence-electron chi connectivity index (χ4n) is 1.72. The van der Waals surface area contributed by atoms with E-state index in [1.807, 2.05) is 22.9 Å². The average Bonchev–Trinajstić information content (AvgIpc) is 3.14. The molecule has 1 amide bonds. The maximum Gasteiger partial charge on any atom is 0.252 e. The van der Waals surface area contributed by atoms with Crippen LogP contribution in [0.1, 0.15) is 15.2 Å². The first-order valence-electron chi connectivity index (χ1n) is 5.73. The summed E-state index contributed by atoms with van der Waals surface area (Å²) in [6, 6.07) is 5.82. The van der Waals surface area contributed by atoms with Crippen molar-refractivity contribution in [3.63, 3.8) is 0 Å². The molecule has 5 heteroatoms. The van der Waals surface area contributed by atoms with E-state index in [-0.39, 0.29) is 5.91 Å². The Balaban J connectivity index is 1.63. The third-order valence-corrected chi connectivity index (χ3v) is 4.33. The maximum absolute atomic E-state index is 11.8. The second kappa shape index (κ2) is 5.42. The van der Waals surface area contributed by atoms with Gasteiger partial charge >= 0.3 is 0 Å². The fourth-order valence-corrected chi connectivity index (χ4v) is 3.19. The normalized spacial score (nSPS) is 10.5. The Labute approximate surface area is 118 Å². The Morgan fingerprint density at radius 2 is 2.21 bits per heavy atom. The SMILES string of the molecule is O=C(NCc1cc(-c2ccoc2)cs1)c1ccsc1. The summed E-state index contributed by atoms with van der Waals surface area (Å²) in [6.07, 6.45) is 3.38. The highest BCUT2D eigenvalue weighted by Crippen LogP contribution is 2.25. The molecule has 0 unspecified atom stereocenters. The number of thiophene rings is 2. The van der Waals surface area contributed by atoms with Crippen LogP contribution in [-0.2, 0) is 6.54 Å². The van der Waals surface area contributed by atoms with E-state index in [1.54, 1.807) is 23.9 Å². The van der Waals surface area contributed by atoms with Gasteiger partial charge in [-0.3, -0.25) is 4.79 Å². The highest BCUT2D eigenvalue weighted by atomic mass is 32.1. The number of amides is 1. The number of carbonyl (C=O) groups excluding carboxylic acids is 1. The minimum absolute atomic E-state index is 0.0282. The van der Waals surface area contributed by atoms with Crippen LogP contribution in [0, 0.1) is 0 Å². The third kappa shape index (κ3) is 2.77. The van der Waals surface area contributed by atoms with Crippen molar-refractivity contribution in [3.8, 4) is 11.1 Å². The van der Waals surface area contributed by atoms with Crippen LogP contribution in [0.2, 0.25) is 0 Å². The summed E-state index contributed by atoms with van der Waals surface area (Å²) in [7, 11) is 0. The van der Waals surface area contributed by atoms with Crippen molar-refractivity contribution in [2.24, 2.45) is 0 Å². The molecule has 3 aromatic heterocycles. The molecule has 0 aromatic carbocycles. The first-order valence-corrected chi connectivity index (χ1v) is 7.55. The van der Waals surface area contributed by atoms with Crippen molar-refractivity contribution in [2.75, 3.05) is 0 Å². The predicted molar refractivity (Wildman–Crippen MR) is 77.5 cm³/mol. The van der Waals surface area contributed by atoms with E-state index in [0.717, 1.165) is 21.6 Å². The minimum atomic E-state index is -0.0282. The van der Waals surface area contributed by atoms with Gasteiger partial charge in [0.05, 0.1) is 19.1 Å². The van der Waals surface area contributed by atoms with Gasteiger partial charge in [-0.05, 0) is 34.5 Å². The van der Waals surface area contributed by atoms with Crippen molar-refractivity contribution in [2.45, 2.75) is 6.54 Å². The first kappa shape index (κ1) is 12.2. The molecular weight excluding hydrogens is 278 g/mol. The van der Waals surface area contributed by atoms with Gasteiger partial charge in [-0.2, -0.15) is 11.3 Å². The van der Waals surface area contributed by atoms with E-state index >= 15 is 0 Å². The lowest BCUT2D eigenvalue weighted by atomic mass is 10.2. The van der Waals surface area contributed by atoms with Crippen molar-refractivity contribution in [3.05, 3.63) is 57.3 Å². The van der Waals surface area contributed by atoms with Gasteiger partial charge in [-0.15, -0.1) is 11.3 Å². The van der Waals surface area contributed by atoms with Crippen LogP contribution < -0.4 is 5.32 Å². The van der Waals surface area contributed by atoms with Crippen LogP contribution in [0.3, 0.4) is 0 Å². The van der Waals surface area contributed by atoms with E-state index < -0.39 is 0 Å². The summed E-state index contributed by atoms with van der Waals surface area (Å²) in [5.41, 5.74) is 2.90. The molecule has 0 saturated heterocycles. The molecule has 96 valence electrons. The molecule has 0 spiro atoms. The summed E-state index contributed by atoms with van der Waals surface area (Å²) in [6.45, 7) is 0.553. The number of carbonyl (C=O) groups is 1. The molecular formula is C14H11NO2S2. The van der Waals surface area contributed by atoms with Crippen LogP contribution >= 0.6 is 22.7 Å². The number of nitrogens with one attached hydrogen (secondary N) is 1. The molecule has 0 aliphatic heterocycles. The summed E-state index contributed by atoms with van der Waals surface area (Å²) in [5, 5.41) is 8.73. The largest absolute Gasteiger partial charge is 0.472 e. The Morgan fingerprint density at radius 3 is 2.95 bits per heavy atom. The van der Waals surface area contributed by atoms with Gasteiger partial charge in [0.15, 0.2) is 0 Å². The highest BCUT2D eigenvalue weighted by molar-refractivity contribution is 7.10. The summed E-state index contributed by atoms with van der Waals surface area (Å²) < 4.78 is 5.06. The number of rotatable bonds is 4. The second-order valence-corrected chi connectivity index (χ2v) is 5.78. The molecule has 0 bridgehead atoms. The molecule has 3 rings (SSSR count). The second-order valence-electron chi connectivity index (χ2n) is 4.01. The molecule has 0 aliphatic rings. The molecule has 3 aromatic rings. The Morgan fingerprint density at radius 1 is 1.26 bits per heavy atom. The number of furan rings is 1. The number of hydrogen-bond acceptors (Lipinski definition) is 4. The molecule has 3 heterocycles. The topological polar surface area (TPSA) is 42.2 Å². The Hall–Kier alpha value is -1.85. The summed E-state index contributed by atoms with van der Waals surface area (Å²) >= 11 is 3.16. The monoisotopic (exact) mass is 289 g/mol. The van der Waals surface area contributed by atoms with Crippen molar-refractivity contribution in [1.82, 2.24) is 5.32 Å². The molecule has 3 nitrogen and oxygen atoms in total. The molecule has 0 aliphatic carbocycles. The Kier molecular flexibility index (Phi) is 3.48. The summed E-state index contributed by atoms with van der Waals surface area (Å²) in [5.74, 6) is -0.0282. The van der Waals surface area contributed by atoms with Crippen LogP contribution in [0.4, 0.5) is 0 Å². The average molecular weight is 289 g/mol. The molecule has 0 radical (unpaired) electrons. The molecule has 0 saturated carbocycles. The lowest BCUT2D eigenvalue weighted by Gasteiger charge is -2.00. The van der Waals surface area contributed by atoms with Crippen LogP contribution in [0.25, 0.3) is 11.1 Å². The molecule has 0 atom stereocenters.